The van der Waals surface area contributed by atoms with Crippen LogP contribution in [0.15, 0.2) is 54.6 Å². The predicted molar refractivity (Wildman–Crippen MR) is 123 cm³/mol. The van der Waals surface area contributed by atoms with Gasteiger partial charge in [0.05, 0.1) is 13.7 Å². The summed E-state index contributed by atoms with van der Waals surface area (Å²) in [5.41, 5.74) is 0.574. The molecule has 0 bridgehead atoms. The number of likely N-dealkylation sites (N-methyl/N-ethyl adjacent to an activating group) is 1. The fraction of sp³-hybridized carbons (Fsp3) is 0.375. The molecule has 0 radical (unpaired) electrons. The molecule has 8 nitrogen and oxygen atoms in total. The number of ether oxygens (including phenoxy) is 2. The lowest BCUT2D eigenvalue weighted by Gasteiger charge is -2.28. The Kier molecular flexibility index (Phi) is 9.53. The fourth-order valence-corrected chi connectivity index (χ4v) is 3.01. The van der Waals surface area contributed by atoms with Crippen LogP contribution in [0.4, 0.5) is 5.69 Å². The van der Waals surface area contributed by atoms with E-state index in [-0.39, 0.29) is 30.9 Å². The number of nitrogens with one attached hydrogen (secondary N) is 2. The van der Waals surface area contributed by atoms with Gasteiger partial charge in [0.2, 0.25) is 11.8 Å². The number of hydrogen-bond donors (Lipinski definition) is 2. The molecule has 0 aromatic heterocycles. The quantitative estimate of drug-likeness (QED) is 0.559. The van der Waals surface area contributed by atoms with Crippen molar-refractivity contribution in [1.82, 2.24) is 10.2 Å². The number of rotatable bonds is 11. The third-order valence-corrected chi connectivity index (χ3v) is 4.74. The SMILES string of the molecule is CCN(CC(=O)Nc1cccc(OC)c1)C(=O)C(NC(=O)COc1ccccc1)C(C)C. The molecule has 0 saturated heterocycles. The second-order valence-electron chi connectivity index (χ2n) is 7.52. The van der Waals surface area contributed by atoms with Crippen LogP contribution in [0.1, 0.15) is 20.8 Å². The van der Waals surface area contributed by atoms with Crippen LogP contribution in [0.25, 0.3) is 0 Å². The molecule has 0 aliphatic rings. The van der Waals surface area contributed by atoms with Crippen molar-refractivity contribution >= 4 is 23.4 Å². The van der Waals surface area contributed by atoms with Crippen LogP contribution < -0.4 is 20.1 Å². The van der Waals surface area contributed by atoms with Crippen LogP contribution in [0.5, 0.6) is 11.5 Å². The summed E-state index contributed by atoms with van der Waals surface area (Å²) in [5, 5.41) is 5.50. The van der Waals surface area contributed by atoms with Gasteiger partial charge < -0.3 is 25.0 Å². The Hall–Kier alpha value is -3.55. The van der Waals surface area contributed by atoms with E-state index in [1.807, 2.05) is 32.0 Å². The molecule has 0 aliphatic heterocycles. The Morgan fingerprint density at radius 1 is 0.969 bits per heavy atom. The maximum Gasteiger partial charge on any atom is 0.258 e. The summed E-state index contributed by atoms with van der Waals surface area (Å²) in [6.07, 6.45) is 0. The van der Waals surface area contributed by atoms with Crippen LogP contribution in [-0.2, 0) is 14.4 Å². The Balaban J connectivity index is 1.96. The molecular formula is C24H31N3O5. The number of anilines is 1. The van der Waals surface area contributed by atoms with Crippen molar-refractivity contribution in [2.24, 2.45) is 5.92 Å². The van der Waals surface area contributed by atoms with Gasteiger partial charge >= 0.3 is 0 Å². The highest BCUT2D eigenvalue weighted by molar-refractivity contribution is 5.96. The van der Waals surface area contributed by atoms with Gasteiger partial charge in [0.1, 0.15) is 17.5 Å². The molecule has 32 heavy (non-hydrogen) atoms. The molecule has 0 spiro atoms. The molecule has 2 aromatic rings. The minimum atomic E-state index is -0.772. The first kappa shape index (κ1) is 24.7. The molecule has 1 unspecified atom stereocenters. The van der Waals surface area contributed by atoms with E-state index < -0.39 is 11.9 Å². The summed E-state index contributed by atoms with van der Waals surface area (Å²) in [6.45, 7) is 5.45. The van der Waals surface area contributed by atoms with Crippen LogP contribution in [0, 0.1) is 5.92 Å². The number of methoxy groups -OCH3 is 1. The van der Waals surface area contributed by atoms with Crippen LogP contribution in [-0.4, -0.2) is 55.5 Å². The highest BCUT2D eigenvalue weighted by Crippen LogP contribution is 2.17. The van der Waals surface area contributed by atoms with Gasteiger partial charge in [-0.1, -0.05) is 38.1 Å². The maximum absolute atomic E-state index is 13.1. The normalized spacial score (nSPS) is 11.4. The van der Waals surface area contributed by atoms with Crippen molar-refractivity contribution in [1.29, 1.82) is 0 Å². The standard InChI is InChI=1S/C24H31N3O5/c1-5-27(15-21(28)25-18-10-9-13-20(14-18)31-4)24(30)23(17(2)3)26-22(29)16-32-19-11-7-6-8-12-19/h6-14,17,23H,5,15-16H2,1-4H3,(H,25,28)(H,26,29). The van der Waals surface area contributed by atoms with Gasteiger partial charge in [-0.3, -0.25) is 14.4 Å². The van der Waals surface area contributed by atoms with Gasteiger partial charge in [0, 0.05) is 18.3 Å². The third kappa shape index (κ3) is 7.61. The molecule has 2 rings (SSSR count). The number of nitrogens with zero attached hydrogens (tertiary/aromatic N) is 1. The van der Waals surface area contributed by atoms with E-state index in [0.29, 0.717) is 23.7 Å². The second kappa shape index (κ2) is 12.3. The van der Waals surface area contributed by atoms with Gasteiger partial charge in [0.25, 0.3) is 5.91 Å². The minimum absolute atomic E-state index is 0.133. The first-order chi connectivity index (χ1) is 15.3. The Morgan fingerprint density at radius 2 is 1.66 bits per heavy atom. The molecule has 0 saturated carbocycles. The number of hydrogen-bond acceptors (Lipinski definition) is 5. The zero-order valence-electron chi connectivity index (χ0n) is 19.0. The summed E-state index contributed by atoms with van der Waals surface area (Å²) in [6, 6.07) is 15.2. The molecular weight excluding hydrogens is 410 g/mol. The van der Waals surface area contributed by atoms with E-state index in [9.17, 15) is 14.4 Å². The summed E-state index contributed by atoms with van der Waals surface area (Å²) < 4.78 is 10.6. The van der Waals surface area contributed by atoms with E-state index in [2.05, 4.69) is 10.6 Å². The van der Waals surface area contributed by atoms with Crippen molar-refractivity contribution in [3.63, 3.8) is 0 Å². The highest BCUT2D eigenvalue weighted by atomic mass is 16.5. The van der Waals surface area contributed by atoms with Gasteiger partial charge in [0.15, 0.2) is 6.61 Å². The smallest absolute Gasteiger partial charge is 0.258 e. The maximum atomic E-state index is 13.1. The lowest BCUT2D eigenvalue weighted by molar-refractivity contribution is -0.139. The highest BCUT2D eigenvalue weighted by Gasteiger charge is 2.29. The van der Waals surface area contributed by atoms with Crippen molar-refractivity contribution in [2.45, 2.75) is 26.8 Å². The Labute approximate surface area is 188 Å². The molecule has 2 aromatic carbocycles. The van der Waals surface area contributed by atoms with Gasteiger partial charge in [-0.25, -0.2) is 0 Å². The first-order valence-electron chi connectivity index (χ1n) is 10.5. The van der Waals surface area contributed by atoms with Crippen LogP contribution in [0.2, 0.25) is 0 Å². The van der Waals surface area contributed by atoms with Gasteiger partial charge in [-0.15, -0.1) is 0 Å². The van der Waals surface area contributed by atoms with Crippen molar-refractivity contribution in [2.75, 3.05) is 32.1 Å². The molecule has 0 heterocycles. The molecule has 8 heteroatoms. The zero-order chi connectivity index (χ0) is 23.5. The molecule has 3 amide bonds. The second-order valence-corrected chi connectivity index (χ2v) is 7.52. The molecule has 0 fully saturated rings. The minimum Gasteiger partial charge on any atom is -0.497 e. The lowest BCUT2D eigenvalue weighted by atomic mass is 10.0. The Bertz CT molecular complexity index is 902. The fourth-order valence-electron chi connectivity index (χ4n) is 3.01. The number of benzene rings is 2. The number of carbonyl (C=O) groups is 3. The van der Waals surface area contributed by atoms with E-state index >= 15 is 0 Å². The summed E-state index contributed by atoms with van der Waals surface area (Å²) in [7, 11) is 1.55. The van der Waals surface area contributed by atoms with E-state index in [1.165, 1.54) is 4.90 Å². The van der Waals surface area contributed by atoms with E-state index in [4.69, 9.17) is 9.47 Å². The number of carbonyl (C=O) groups excluding carboxylic acids is 3. The first-order valence-corrected chi connectivity index (χ1v) is 10.5. The summed E-state index contributed by atoms with van der Waals surface area (Å²) in [5.74, 6) is -0.0477. The predicted octanol–water partition coefficient (Wildman–Crippen LogP) is 2.70. The topological polar surface area (TPSA) is 97.0 Å². The summed E-state index contributed by atoms with van der Waals surface area (Å²) >= 11 is 0. The largest absolute Gasteiger partial charge is 0.497 e. The van der Waals surface area contributed by atoms with E-state index in [0.717, 1.165) is 0 Å². The van der Waals surface area contributed by atoms with Crippen LogP contribution in [0.3, 0.4) is 0 Å². The van der Waals surface area contributed by atoms with E-state index in [1.54, 1.807) is 50.4 Å². The monoisotopic (exact) mass is 441 g/mol. The average Bonchev–Trinajstić information content (AvgIpc) is 2.79. The number of para-hydroxylation sites is 1. The van der Waals surface area contributed by atoms with Crippen molar-refractivity contribution in [3.8, 4) is 11.5 Å². The average molecular weight is 442 g/mol. The Morgan fingerprint density at radius 3 is 2.28 bits per heavy atom. The lowest BCUT2D eigenvalue weighted by Crippen LogP contribution is -2.53. The van der Waals surface area contributed by atoms with Gasteiger partial charge in [-0.2, -0.15) is 0 Å². The summed E-state index contributed by atoms with van der Waals surface area (Å²) in [4.78, 5) is 39.4. The molecule has 2 N–H and O–H groups in total. The molecule has 1 atom stereocenters. The zero-order valence-corrected chi connectivity index (χ0v) is 19.0. The third-order valence-electron chi connectivity index (χ3n) is 4.74. The number of amides is 3. The molecule has 172 valence electrons. The van der Waals surface area contributed by atoms with Crippen molar-refractivity contribution in [3.05, 3.63) is 54.6 Å². The molecule has 0 aliphatic carbocycles. The van der Waals surface area contributed by atoms with Crippen LogP contribution >= 0.6 is 0 Å². The van der Waals surface area contributed by atoms with Crippen molar-refractivity contribution < 1.29 is 23.9 Å². The van der Waals surface area contributed by atoms with Gasteiger partial charge in [-0.05, 0) is 37.1 Å².